The van der Waals surface area contributed by atoms with E-state index < -0.39 is 11.9 Å². The minimum absolute atomic E-state index is 0.0469. The monoisotopic (exact) mass is 296 g/mol. The Kier molecular flexibility index (Phi) is 6.02. The number of methoxy groups -OCH3 is 4. The minimum atomic E-state index is -0.512. The molecule has 1 aromatic carbocycles. The maximum absolute atomic E-state index is 12.3. The summed E-state index contributed by atoms with van der Waals surface area (Å²) in [5, 5.41) is 0. The largest absolute Gasteiger partial charge is 0.493 e. The van der Waals surface area contributed by atoms with Crippen LogP contribution in [0.5, 0.6) is 17.2 Å². The Balaban J connectivity index is 3.07. The summed E-state index contributed by atoms with van der Waals surface area (Å²) < 4.78 is 20.2. The third-order valence-corrected chi connectivity index (χ3v) is 3.08. The van der Waals surface area contributed by atoms with Crippen LogP contribution in [0.15, 0.2) is 12.1 Å². The number of hydrogen-bond acceptors (Lipinski definition) is 6. The van der Waals surface area contributed by atoms with Crippen LogP contribution in [0.25, 0.3) is 0 Å². The van der Waals surface area contributed by atoms with Crippen molar-refractivity contribution < 1.29 is 28.5 Å². The second-order valence-corrected chi connectivity index (χ2v) is 4.47. The quantitative estimate of drug-likeness (QED) is 0.567. The van der Waals surface area contributed by atoms with Crippen LogP contribution in [0.4, 0.5) is 0 Å². The number of ether oxygens (including phenoxy) is 4. The van der Waals surface area contributed by atoms with Crippen LogP contribution in [-0.2, 0) is 9.53 Å². The molecule has 0 heterocycles. The molecule has 1 unspecified atom stereocenters. The van der Waals surface area contributed by atoms with E-state index in [0.29, 0.717) is 22.8 Å². The summed E-state index contributed by atoms with van der Waals surface area (Å²) in [7, 11) is 5.73. The van der Waals surface area contributed by atoms with E-state index in [1.165, 1.54) is 28.4 Å². The van der Waals surface area contributed by atoms with Crippen molar-refractivity contribution >= 4 is 11.8 Å². The van der Waals surface area contributed by atoms with Crippen LogP contribution >= 0.6 is 0 Å². The Hall–Kier alpha value is -2.24. The fourth-order valence-electron chi connectivity index (χ4n) is 1.92. The lowest BCUT2D eigenvalue weighted by molar-refractivity contribution is -0.144. The second-order valence-electron chi connectivity index (χ2n) is 4.47. The molecule has 0 saturated carbocycles. The van der Waals surface area contributed by atoms with E-state index in [-0.39, 0.29) is 12.2 Å². The summed E-state index contributed by atoms with van der Waals surface area (Å²) in [5.74, 6) is 0.0685. The highest BCUT2D eigenvalue weighted by Gasteiger charge is 2.21. The SMILES string of the molecule is COC(=O)C(C)CC(=O)c1cc(OC)c(OC)c(OC)c1. The fourth-order valence-corrected chi connectivity index (χ4v) is 1.92. The van der Waals surface area contributed by atoms with Crippen LogP contribution in [-0.4, -0.2) is 40.2 Å². The number of ketones is 1. The molecule has 0 radical (unpaired) electrons. The molecule has 6 heteroatoms. The lowest BCUT2D eigenvalue weighted by atomic mass is 9.99. The molecule has 6 nitrogen and oxygen atoms in total. The molecule has 0 fully saturated rings. The predicted molar refractivity (Wildman–Crippen MR) is 76.2 cm³/mol. The highest BCUT2D eigenvalue weighted by atomic mass is 16.5. The van der Waals surface area contributed by atoms with Crippen LogP contribution in [0, 0.1) is 5.92 Å². The van der Waals surface area contributed by atoms with Crippen LogP contribution in [0.1, 0.15) is 23.7 Å². The first-order valence-corrected chi connectivity index (χ1v) is 6.39. The van der Waals surface area contributed by atoms with Gasteiger partial charge in [0.1, 0.15) is 0 Å². The zero-order valence-corrected chi connectivity index (χ0v) is 12.9. The lowest BCUT2D eigenvalue weighted by Gasteiger charge is -2.14. The maximum Gasteiger partial charge on any atom is 0.308 e. The van der Waals surface area contributed by atoms with Gasteiger partial charge in [0.05, 0.1) is 34.4 Å². The van der Waals surface area contributed by atoms with Gasteiger partial charge in [-0.2, -0.15) is 0 Å². The van der Waals surface area contributed by atoms with Gasteiger partial charge in [-0.3, -0.25) is 9.59 Å². The van der Waals surface area contributed by atoms with Crippen LogP contribution in [0.3, 0.4) is 0 Å². The average Bonchev–Trinajstić information content (AvgIpc) is 2.51. The first-order valence-electron chi connectivity index (χ1n) is 6.39. The summed E-state index contributed by atoms with van der Waals surface area (Å²) in [4.78, 5) is 23.6. The molecule has 116 valence electrons. The van der Waals surface area contributed by atoms with Gasteiger partial charge in [-0.25, -0.2) is 0 Å². The third kappa shape index (κ3) is 3.87. The predicted octanol–water partition coefficient (Wildman–Crippen LogP) is 2.09. The third-order valence-electron chi connectivity index (χ3n) is 3.08. The molecule has 1 aromatic rings. The summed E-state index contributed by atoms with van der Waals surface area (Å²) in [6, 6.07) is 3.13. The number of esters is 1. The van der Waals surface area contributed by atoms with E-state index >= 15 is 0 Å². The summed E-state index contributed by atoms with van der Waals surface area (Å²) in [5.41, 5.74) is 0.389. The molecule has 0 aromatic heterocycles. The van der Waals surface area contributed by atoms with Crippen molar-refractivity contribution in [2.24, 2.45) is 5.92 Å². The average molecular weight is 296 g/mol. The first-order chi connectivity index (χ1) is 9.98. The van der Waals surface area contributed by atoms with Crippen LogP contribution in [0.2, 0.25) is 0 Å². The van der Waals surface area contributed by atoms with Gasteiger partial charge in [-0.15, -0.1) is 0 Å². The van der Waals surface area contributed by atoms with E-state index in [1.54, 1.807) is 19.1 Å². The summed E-state index contributed by atoms with van der Waals surface area (Å²) in [6.45, 7) is 1.64. The summed E-state index contributed by atoms with van der Waals surface area (Å²) >= 11 is 0. The molecule has 0 aliphatic heterocycles. The molecule has 0 N–H and O–H groups in total. The van der Waals surface area contributed by atoms with Gasteiger partial charge >= 0.3 is 5.97 Å². The topological polar surface area (TPSA) is 71.1 Å². The molecular weight excluding hydrogens is 276 g/mol. The highest BCUT2D eigenvalue weighted by Crippen LogP contribution is 2.38. The van der Waals surface area contributed by atoms with Crippen LogP contribution < -0.4 is 14.2 Å². The number of carbonyl (C=O) groups excluding carboxylic acids is 2. The standard InChI is InChI=1S/C15H20O6/c1-9(15(17)21-5)6-11(16)10-7-12(18-2)14(20-4)13(8-10)19-3/h7-9H,6H2,1-5H3. The van der Waals surface area contributed by atoms with Crippen molar-refractivity contribution in [3.63, 3.8) is 0 Å². The molecule has 0 aliphatic carbocycles. The van der Waals surface area contributed by atoms with Crippen molar-refractivity contribution in [1.82, 2.24) is 0 Å². The Morgan fingerprint density at radius 2 is 1.52 bits per heavy atom. The van der Waals surface area contributed by atoms with Crippen molar-refractivity contribution in [2.45, 2.75) is 13.3 Å². The first kappa shape index (κ1) is 16.8. The zero-order chi connectivity index (χ0) is 16.0. The second kappa shape index (κ2) is 7.52. The van der Waals surface area contributed by atoms with Crippen molar-refractivity contribution in [2.75, 3.05) is 28.4 Å². The number of hydrogen-bond donors (Lipinski definition) is 0. The van der Waals surface area contributed by atoms with Crippen molar-refractivity contribution in [3.05, 3.63) is 17.7 Å². The fraction of sp³-hybridized carbons (Fsp3) is 0.467. The highest BCUT2D eigenvalue weighted by molar-refractivity contribution is 5.99. The summed E-state index contributed by atoms with van der Waals surface area (Å²) in [6.07, 6.45) is 0.0469. The van der Waals surface area contributed by atoms with Gasteiger partial charge in [0.15, 0.2) is 17.3 Å². The van der Waals surface area contributed by atoms with E-state index in [0.717, 1.165) is 0 Å². The van der Waals surface area contributed by atoms with Gasteiger partial charge in [-0.05, 0) is 12.1 Å². The van der Waals surface area contributed by atoms with Crippen molar-refractivity contribution in [1.29, 1.82) is 0 Å². The minimum Gasteiger partial charge on any atom is -0.493 e. The Labute approximate surface area is 123 Å². The Bertz CT molecular complexity index is 498. The van der Waals surface area contributed by atoms with Gasteiger partial charge in [0, 0.05) is 12.0 Å². The van der Waals surface area contributed by atoms with Gasteiger partial charge in [0.2, 0.25) is 5.75 Å². The van der Waals surface area contributed by atoms with Crippen molar-refractivity contribution in [3.8, 4) is 17.2 Å². The van der Waals surface area contributed by atoms with E-state index in [4.69, 9.17) is 14.2 Å². The molecule has 0 spiro atoms. The normalized spacial score (nSPS) is 11.5. The number of Topliss-reactive ketones (excluding diaryl/α,β-unsaturated/α-hetero) is 1. The number of carbonyl (C=O) groups is 2. The molecule has 0 saturated heterocycles. The lowest BCUT2D eigenvalue weighted by Crippen LogP contribution is -2.17. The Morgan fingerprint density at radius 1 is 1.00 bits per heavy atom. The Morgan fingerprint density at radius 3 is 1.90 bits per heavy atom. The molecular formula is C15H20O6. The van der Waals surface area contributed by atoms with Gasteiger partial charge in [0.25, 0.3) is 0 Å². The smallest absolute Gasteiger partial charge is 0.308 e. The molecule has 0 bridgehead atoms. The molecule has 1 atom stereocenters. The number of rotatable bonds is 7. The van der Waals surface area contributed by atoms with Gasteiger partial charge in [-0.1, -0.05) is 6.92 Å². The van der Waals surface area contributed by atoms with E-state index in [1.807, 2.05) is 0 Å². The molecule has 1 rings (SSSR count). The number of benzene rings is 1. The van der Waals surface area contributed by atoms with E-state index in [9.17, 15) is 9.59 Å². The molecule has 21 heavy (non-hydrogen) atoms. The molecule has 0 amide bonds. The maximum atomic E-state index is 12.3. The molecule has 0 aliphatic rings. The van der Waals surface area contributed by atoms with Gasteiger partial charge < -0.3 is 18.9 Å². The van der Waals surface area contributed by atoms with E-state index in [2.05, 4.69) is 4.74 Å². The zero-order valence-electron chi connectivity index (χ0n) is 12.9.